The van der Waals surface area contributed by atoms with Crippen molar-refractivity contribution >= 4 is 5.96 Å². The molecule has 0 bridgehead atoms. The monoisotopic (exact) mass is 359 g/mol. The van der Waals surface area contributed by atoms with Crippen molar-refractivity contribution in [3.63, 3.8) is 0 Å². The molecular formula is C20H33N5O. The minimum atomic E-state index is 0.271. The van der Waals surface area contributed by atoms with Gasteiger partial charge in [-0.15, -0.1) is 0 Å². The highest BCUT2D eigenvalue weighted by Crippen LogP contribution is 2.24. The lowest BCUT2D eigenvalue weighted by atomic mass is 10.1. The van der Waals surface area contributed by atoms with E-state index in [9.17, 15) is 0 Å². The second kappa shape index (κ2) is 9.35. The summed E-state index contributed by atoms with van der Waals surface area (Å²) >= 11 is 0. The van der Waals surface area contributed by atoms with Crippen LogP contribution < -0.4 is 5.32 Å². The molecule has 2 aliphatic rings. The number of hydrogen-bond acceptors (Lipinski definition) is 4. The first-order valence-corrected chi connectivity index (χ1v) is 9.67. The third kappa shape index (κ3) is 4.96. The molecule has 0 aliphatic carbocycles. The molecule has 2 aliphatic heterocycles. The van der Waals surface area contributed by atoms with E-state index in [0.717, 1.165) is 58.3 Å². The van der Waals surface area contributed by atoms with Crippen molar-refractivity contribution in [1.82, 2.24) is 20.0 Å². The van der Waals surface area contributed by atoms with E-state index < -0.39 is 0 Å². The van der Waals surface area contributed by atoms with Gasteiger partial charge in [0.2, 0.25) is 0 Å². The standard InChI is InChI=1S/C20H33N5O/c1-21-20(22-10-7-11-23(2)3)25-15-18-19(16-25)26-13-12-24(18)14-17-8-5-4-6-9-17/h4-6,8-9,18-19H,7,10-16H2,1-3H3,(H,21,22). The van der Waals surface area contributed by atoms with Crippen LogP contribution in [0.25, 0.3) is 0 Å². The Morgan fingerprint density at radius 3 is 2.81 bits per heavy atom. The third-order valence-corrected chi connectivity index (χ3v) is 5.22. The van der Waals surface area contributed by atoms with E-state index in [1.807, 2.05) is 7.05 Å². The Morgan fingerprint density at radius 1 is 1.27 bits per heavy atom. The van der Waals surface area contributed by atoms with E-state index in [1.54, 1.807) is 0 Å². The highest BCUT2D eigenvalue weighted by Gasteiger charge is 2.41. The van der Waals surface area contributed by atoms with Gasteiger partial charge in [0, 0.05) is 39.8 Å². The molecule has 0 saturated carbocycles. The van der Waals surface area contributed by atoms with Crippen molar-refractivity contribution in [2.75, 3.05) is 60.5 Å². The van der Waals surface area contributed by atoms with Gasteiger partial charge < -0.3 is 19.9 Å². The Balaban J connectivity index is 1.55. The second-order valence-electron chi connectivity index (χ2n) is 7.47. The number of hydrogen-bond donors (Lipinski definition) is 1. The second-order valence-corrected chi connectivity index (χ2v) is 7.47. The van der Waals surface area contributed by atoms with Crippen LogP contribution in [0.4, 0.5) is 0 Å². The highest BCUT2D eigenvalue weighted by molar-refractivity contribution is 5.80. The summed E-state index contributed by atoms with van der Waals surface area (Å²) in [5.41, 5.74) is 1.37. The lowest BCUT2D eigenvalue weighted by molar-refractivity contribution is -0.0502. The van der Waals surface area contributed by atoms with E-state index >= 15 is 0 Å². The smallest absolute Gasteiger partial charge is 0.193 e. The molecule has 144 valence electrons. The van der Waals surface area contributed by atoms with Gasteiger partial charge in [-0.05, 0) is 32.6 Å². The molecule has 6 heteroatoms. The van der Waals surface area contributed by atoms with Crippen molar-refractivity contribution in [1.29, 1.82) is 0 Å². The van der Waals surface area contributed by atoms with Crippen LogP contribution in [0.3, 0.4) is 0 Å². The zero-order valence-electron chi connectivity index (χ0n) is 16.4. The van der Waals surface area contributed by atoms with Crippen molar-refractivity contribution in [2.24, 2.45) is 4.99 Å². The molecule has 2 heterocycles. The summed E-state index contributed by atoms with van der Waals surface area (Å²) in [6.07, 6.45) is 1.39. The molecule has 2 saturated heterocycles. The van der Waals surface area contributed by atoms with Gasteiger partial charge in [0.15, 0.2) is 5.96 Å². The largest absolute Gasteiger partial charge is 0.373 e. The molecular weight excluding hydrogens is 326 g/mol. The van der Waals surface area contributed by atoms with Crippen molar-refractivity contribution in [2.45, 2.75) is 25.1 Å². The summed E-state index contributed by atoms with van der Waals surface area (Å²) in [4.78, 5) is 11.6. The molecule has 26 heavy (non-hydrogen) atoms. The first kappa shape index (κ1) is 19.1. The number of guanidine groups is 1. The molecule has 1 N–H and O–H groups in total. The zero-order chi connectivity index (χ0) is 18.4. The average molecular weight is 360 g/mol. The molecule has 2 fully saturated rings. The molecule has 2 atom stereocenters. The summed E-state index contributed by atoms with van der Waals surface area (Å²) in [7, 11) is 6.09. The Bertz CT molecular complexity index is 577. The number of aliphatic imine (C=N–C) groups is 1. The molecule has 1 aromatic rings. The topological polar surface area (TPSA) is 43.3 Å². The maximum atomic E-state index is 6.08. The molecule has 3 rings (SSSR count). The predicted octanol–water partition coefficient (Wildman–Crippen LogP) is 1.10. The van der Waals surface area contributed by atoms with Gasteiger partial charge in [-0.3, -0.25) is 9.89 Å². The number of ether oxygens (including phenoxy) is 1. The SMILES string of the molecule is CN=C(NCCCN(C)C)N1CC2OCCN(Cc3ccccc3)C2C1. The fourth-order valence-corrected chi connectivity index (χ4v) is 3.87. The summed E-state index contributed by atoms with van der Waals surface area (Å²) in [5.74, 6) is 1.00. The van der Waals surface area contributed by atoms with Crippen LogP contribution in [0, 0.1) is 0 Å². The number of morpholine rings is 1. The normalized spacial score (nSPS) is 24.2. The van der Waals surface area contributed by atoms with Gasteiger partial charge in [-0.25, -0.2) is 0 Å². The van der Waals surface area contributed by atoms with Crippen molar-refractivity contribution in [3.8, 4) is 0 Å². The van der Waals surface area contributed by atoms with Crippen molar-refractivity contribution < 1.29 is 4.74 Å². The van der Waals surface area contributed by atoms with E-state index in [-0.39, 0.29) is 6.10 Å². The number of rotatable bonds is 6. The highest BCUT2D eigenvalue weighted by atomic mass is 16.5. The van der Waals surface area contributed by atoms with Crippen LogP contribution in [-0.4, -0.2) is 93.3 Å². The summed E-state index contributed by atoms with van der Waals surface area (Å²) in [6.45, 7) is 6.74. The average Bonchev–Trinajstić information content (AvgIpc) is 3.07. The van der Waals surface area contributed by atoms with Crippen LogP contribution in [0.15, 0.2) is 35.3 Å². The Kier molecular flexibility index (Phi) is 6.88. The quantitative estimate of drug-likeness (QED) is 0.468. The predicted molar refractivity (Wildman–Crippen MR) is 106 cm³/mol. The minimum Gasteiger partial charge on any atom is -0.373 e. The number of nitrogens with one attached hydrogen (secondary N) is 1. The summed E-state index contributed by atoms with van der Waals surface area (Å²) < 4.78 is 6.08. The fraction of sp³-hybridized carbons (Fsp3) is 0.650. The van der Waals surface area contributed by atoms with Crippen molar-refractivity contribution in [3.05, 3.63) is 35.9 Å². The summed E-state index contributed by atoms with van der Waals surface area (Å²) in [6, 6.07) is 11.2. The first-order valence-electron chi connectivity index (χ1n) is 9.67. The Labute approximate surface area is 157 Å². The fourth-order valence-electron chi connectivity index (χ4n) is 3.87. The first-order chi connectivity index (χ1) is 12.7. The van der Waals surface area contributed by atoms with Gasteiger partial charge in [0.1, 0.15) is 0 Å². The van der Waals surface area contributed by atoms with Crippen LogP contribution in [-0.2, 0) is 11.3 Å². The minimum absolute atomic E-state index is 0.271. The van der Waals surface area contributed by atoms with E-state index in [2.05, 4.69) is 69.4 Å². The molecule has 0 spiro atoms. The molecule has 0 radical (unpaired) electrons. The van der Waals surface area contributed by atoms with Crippen LogP contribution in [0.5, 0.6) is 0 Å². The lowest BCUT2D eigenvalue weighted by Gasteiger charge is -2.36. The van der Waals surface area contributed by atoms with Gasteiger partial charge in [-0.2, -0.15) is 0 Å². The van der Waals surface area contributed by atoms with E-state index in [0.29, 0.717) is 6.04 Å². The Hall–Kier alpha value is -1.63. The summed E-state index contributed by atoms with van der Waals surface area (Å²) in [5, 5.41) is 3.52. The van der Waals surface area contributed by atoms with E-state index in [1.165, 1.54) is 5.56 Å². The van der Waals surface area contributed by atoms with E-state index in [4.69, 9.17) is 4.74 Å². The van der Waals surface area contributed by atoms with Crippen LogP contribution in [0.1, 0.15) is 12.0 Å². The molecule has 0 amide bonds. The van der Waals surface area contributed by atoms with Gasteiger partial charge >= 0.3 is 0 Å². The zero-order valence-corrected chi connectivity index (χ0v) is 16.4. The van der Waals surface area contributed by atoms with Crippen LogP contribution in [0.2, 0.25) is 0 Å². The van der Waals surface area contributed by atoms with Crippen LogP contribution >= 0.6 is 0 Å². The molecule has 1 aromatic carbocycles. The third-order valence-electron chi connectivity index (χ3n) is 5.22. The number of fused-ring (bicyclic) bond motifs is 1. The number of likely N-dealkylation sites (tertiary alicyclic amines) is 1. The molecule has 2 unspecified atom stereocenters. The maximum Gasteiger partial charge on any atom is 0.193 e. The van der Waals surface area contributed by atoms with Gasteiger partial charge in [0.25, 0.3) is 0 Å². The maximum absolute atomic E-state index is 6.08. The molecule has 0 aromatic heterocycles. The number of nitrogens with zero attached hydrogens (tertiary/aromatic N) is 4. The molecule has 6 nitrogen and oxygen atoms in total. The number of benzene rings is 1. The van der Waals surface area contributed by atoms with Gasteiger partial charge in [0.05, 0.1) is 18.8 Å². The van der Waals surface area contributed by atoms with Gasteiger partial charge in [-0.1, -0.05) is 30.3 Å². The lowest BCUT2D eigenvalue weighted by Crippen LogP contribution is -2.50. The Morgan fingerprint density at radius 2 is 2.08 bits per heavy atom.